The number of halogens is 1. The lowest BCUT2D eigenvalue weighted by Crippen LogP contribution is -2.12. The molecule has 114 valence electrons. The minimum absolute atomic E-state index is 0.728. The lowest BCUT2D eigenvalue weighted by atomic mass is 10.2. The average molecular weight is 317 g/mol. The lowest BCUT2D eigenvalue weighted by molar-refractivity contribution is 0.420. The van der Waals surface area contributed by atoms with E-state index in [1.54, 1.807) is 13.3 Å². The summed E-state index contributed by atoms with van der Waals surface area (Å²) in [5.74, 6) is 1.65. The molecule has 0 saturated heterocycles. The summed E-state index contributed by atoms with van der Waals surface area (Å²) in [5, 5.41) is 5.04. The molecule has 0 unspecified atom stereocenters. The van der Waals surface area contributed by atoms with E-state index in [9.17, 15) is 0 Å². The number of benzene rings is 1. The predicted molar refractivity (Wildman–Crippen MR) is 88.8 cm³/mol. The third-order valence-corrected chi connectivity index (χ3v) is 3.93. The van der Waals surface area contributed by atoms with Gasteiger partial charge in [-0.1, -0.05) is 11.6 Å². The highest BCUT2D eigenvalue weighted by atomic mass is 35.5. The maximum absolute atomic E-state index is 6.38. The predicted octanol–water partition coefficient (Wildman–Crippen LogP) is 3.51. The van der Waals surface area contributed by atoms with Gasteiger partial charge in [0.15, 0.2) is 0 Å². The van der Waals surface area contributed by atoms with Crippen LogP contribution in [0.1, 0.15) is 5.69 Å². The number of aryl methyl sites for hydroxylation is 1. The van der Waals surface area contributed by atoms with Crippen molar-refractivity contribution in [3.05, 3.63) is 47.5 Å². The van der Waals surface area contributed by atoms with Gasteiger partial charge >= 0.3 is 0 Å². The Hall–Kier alpha value is -2.27. The Morgan fingerprint density at radius 2 is 2.18 bits per heavy atom. The van der Waals surface area contributed by atoms with Gasteiger partial charge in [0, 0.05) is 30.4 Å². The highest BCUT2D eigenvalue weighted by Gasteiger charge is 2.13. The molecule has 0 saturated carbocycles. The molecule has 0 aliphatic heterocycles. The number of methoxy groups -OCH3 is 1. The first-order chi connectivity index (χ1) is 10.7. The molecule has 3 aromatic rings. The molecule has 3 rings (SSSR count). The Morgan fingerprint density at radius 3 is 2.91 bits per heavy atom. The molecule has 0 radical (unpaired) electrons. The van der Waals surface area contributed by atoms with E-state index < -0.39 is 0 Å². The van der Waals surface area contributed by atoms with Gasteiger partial charge in [-0.3, -0.25) is 0 Å². The van der Waals surface area contributed by atoms with Gasteiger partial charge in [0.2, 0.25) is 0 Å². The molecule has 0 spiro atoms. The number of nitrogens with one attached hydrogen (secondary N) is 1. The van der Waals surface area contributed by atoms with Crippen LogP contribution in [0.2, 0.25) is 5.02 Å². The maximum Gasteiger partial charge on any atom is 0.129 e. The summed E-state index contributed by atoms with van der Waals surface area (Å²) >= 11 is 6.38. The molecule has 0 atom stereocenters. The smallest absolute Gasteiger partial charge is 0.129 e. The van der Waals surface area contributed by atoms with Crippen LogP contribution in [-0.2, 0) is 6.54 Å². The molecule has 1 aromatic carbocycles. The zero-order chi connectivity index (χ0) is 15.5. The van der Waals surface area contributed by atoms with Gasteiger partial charge < -0.3 is 14.6 Å². The van der Waals surface area contributed by atoms with Crippen molar-refractivity contribution in [2.24, 2.45) is 0 Å². The van der Waals surface area contributed by atoms with Crippen molar-refractivity contribution in [3.8, 4) is 5.75 Å². The number of aromatic nitrogens is 3. The van der Waals surface area contributed by atoms with Crippen LogP contribution >= 0.6 is 11.6 Å². The molecule has 0 fully saturated rings. The van der Waals surface area contributed by atoms with E-state index in [4.69, 9.17) is 16.3 Å². The van der Waals surface area contributed by atoms with Crippen LogP contribution in [0.25, 0.3) is 10.9 Å². The van der Waals surface area contributed by atoms with E-state index in [1.165, 1.54) is 6.33 Å². The number of hydrogen-bond acceptors (Lipinski definition) is 4. The van der Waals surface area contributed by atoms with E-state index >= 15 is 0 Å². The second-order valence-electron chi connectivity index (χ2n) is 4.97. The number of rotatable bonds is 5. The molecule has 1 N–H and O–H groups in total. The largest absolute Gasteiger partial charge is 0.496 e. The molecule has 2 aromatic heterocycles. The molecule has 0 bridgehead atoms. The quantitative estimate of drug-likeness (QED) is 0.782. The van der Waals surface area contributed by atoms with Gasteiger partial charge in [-0.15, -0.1) is 0 Å². The van der Waals surface area contributed by atoms with Crippen molar-refractivity contribution in [3.63, 3.8) is 0 Å². The highest BCUT2D eigenvalue weighted by molar-refractivity contribution is 6.35. The molecular weight excluding hydrogens is 300 g/mol. The average Bonchev–Trinajstić information content (AvgIpc) is 2.86. The SMILES string of the molecule is COc1ccc(Cl)c2c1cc(C)n2CCNc1ccncn1. The molecule has 2 heterocycles. The first-order valence-electron chi connectivity index (χ1n) is 7.03. The second kappa shape index (κ2) is 6.23. The van der Waals surface area contributed by atoms with Crippen molar-refractivity contribution in [2.45, 2.75) is 13.5 Å². The lowest BCUT2D eigenvalue weighted by Gasteiger charge is -2.11. The third-order valence-electron chi connectivity index (χ3n) is 3.62. The second-order valence-corrected chi connectivity index (χ2v) is 5.38. The van der Waals surface area contributed by atoms with Crippen LogP contribution in [0, 0.1) is 6.92 Å². The van der Waals surface area contributed by atoms with Gasteiger partial charge in [0.25, 0.3) is 0 Å². The van der Waals surface area contributed by atoms with Gasteiger partial charge in [0.1, 0.15) is 17.9 Å². The van der Waals surface area contributed by atoms with E-state index in [2.05, 4.69) is 32.8 Å². The van der Waals surface area contributed by atoms with Crippen LogP contribution in [0.3, 0.4) is 0 Å². The minimum Gasteiger partial charge on any atom is -0.496 e. The fourth-order valence-corrected chi connectivity index (χ4v) is 2.86. The summed E-state index contributed by atoms with van der Waals surface area (Å²) in [6.45, 7) is 3.60. The maximum atomic E-state index is 6.38. The molecule has 22 heavy (non-hydrogen) atoms. The Balaban J connectivity index is 1.86. The molecule has 5 nitrogen and oxygen atoms in total. The normalized spacial score (nSPS) is 10.9. The number of ether oxygens (including phenoxy) is 1. The number of anilines is 1. The highest BCUT2D eigenvalue weighted by Crippen LogP contribution is 2.33. The topological polar surface area (TPSA) is 52.0 Å². The minimum atomic E-state index is 0.728. The van der Waals surface area contributed by atoms with E-state index in [-0.39, 0.29) is 0 Å². The van der Waals surface area contributed by atoms with Crippen molar-refractivity contribution in [1.29, 1.82) is 0 Å². The summed E-state index contributed by atoms with van der Waals surface area (Å²) in [4.78, 5) is 8.05. The Morgan fingerprint density at radius 1 is 1.32 bits per heavy atom. The summed E-state index contributed by atoms with van der Waals surface area (Å²) in [5.41, 5.74) is 2.15. The fourth-order valence-electron chi connectivity index (χ4n) is 2.60. The summed E-state index contributed by atoms with van der Waals surface area (Å²) in [6.07, 6.45) is 3.24. The fraction of sp³-hybridized carbons (Fsp3) is 0.250. The number of hydrogen-bond donors (Lipinski definition) is 1. The number of fused-ring (bicyclic) bond motifs is 1. The third kappa shape index (κ3) is 2.72. The zero-order valence-electron chi connectivity index (χ0n) is 12.5. The van der Waals surface area contributed by atoms with Crippen molar-refractivity contribution in [2.75, 3.05) is 19.0 Å². The Bertz CT molecular complexity index is 786. The molecule has 6 heteroatoms. The van der Waals surface area contributed by atoms with Crippen LogP contribution in [-0.4, -0.2) is 28.2 Å². The van der Waals surface area contributed by atoms with Gasteiger partial charge in [-0.05, 0) is 31.2 Å². The van der Waals surface area contributed by atoms with Crippen LogP contribution in [0.4, 0.5) is 5.82 Å². The Kier molecular flexibility index (Phi) is 4.15. The molecule has 0 aliphatic rings. The van der Waals surface area contributed by atoms with E-state index in [0.717, 1.165) is 46.3 Å². The Labute approximate surface area is 133 Å². The first-order valence-corrected chi connectivity index (χ1v) is 7.40. The van der Waals surface area contributed by atoms with E-state index in [1.807, 2.05) is 18.2 Å². The van der Waals surface area contributed by atoms with Gasteiger partial charge in [-0.25, -0.2) is 9.97 Å². The summed E-state index contributed by atoms with van der Waals surface area (Å²) < 4.78 is 7.61. The summed E-state index contributed by atoms with van der Waals surface area (Å²) in [7, 11) is 1.67. The molecule has 0 amide bonds. The van der Waals surface area contributed by atoms with E-state index in [0.29, 0.717) is 0 Å². The van der Waals surface area contributed by atoms with Gasteiger partial charge in [0.05, 0.1) is 17.6 Å². The molecular formula is C16H17ClN4O. The van der Waals surface area contributed by atoms with Crippen LogP contribution < -0.4 is 10.1 Å². The standard InChI is InChI=1S/C16H17ClN4O/c1-11-9-12-14(22-2)4-3-13(17)16(12)21(11)8-7-19-15-5-6-18-10-20-15/h3-6,9-10H,7-8H2,1-2H3,(H,18,19,20). The van der Waals surface area contributed by atoms with Crippen LogP contribution in [0.15, 0.2) is 36.8 Å². The number of nitrogens with zero attached hydrogens (tertiary/aromatic N) is 3. The van der Waals surface area contributed by atoms with Gasteiger partial charge in [-0.2, -0.15) is 0 Å². The first kappa shape index (κ1) is 14.7. The van der Waals surface area contributed by atoms with Crippen LogP contribution in [0.5, 0.6) is 5.75 Å². The summed E-state index contributed by atoms with van der Waals surface area (Å²) in [6, 6.07) is 7.71. The van der Waals surface area contributed by atoms with Crippen molar-refractivity contribution >= 4 is 28.3 Å². The molecule has 0 aliphatic carbocycles. The van der Waals surface area contributed by atoms with Crippen molar-refractivity contribution in [1.82, 2.24) is 14.5 Å². The monoisotopic (exact) mass is 316 g/mol. The van der Waals surface area contributed by atoms with Crippen molar-refractivity contribution < 1.29 is 4.74 Å². The zero-order valence-corrected chi connectivity index (χ0v) is 13.3.